The maximum Gasteiger partial charge on any atom is 0.257 e. The van der Waals surface area contributed by atoms with E-state index in [4.69, 9.17) is 17.3 Å². The Bertz CT molecular complexity index is 628. The smallest absolute Gasteiger partial charge is 0.257 e. The Balaban J connectivity index is 2.25. The molecule has 0 saturated carbocycles. The SMILES string of the molecule is Nc1cc(F)cc(NC(=O)c2ccc(Br)cc2Cl)c1. The van der Waals surface area contributed by atoms with Crippen molar-refractivity contribution in [2.24, 2.45) is 0 Å². The number of nitrogens with one attached hydrogen (secondary N) is 1. The van der Waals surface area contributed by atoms with Gasteiger partial charge in [0.2, 0.25) is 0 Å². The second-order valence-corrected chi connectivity index (χ2v) is 5.17. The summed E-state index contributed by atoms with van der Waals surface area (Å²) < 4.78 is 13.9. The summed E-state index contributed by atoms with van der Waals surface area (Å²) in [5.74, 6) is -0.945. The number of nitrogens with two attached hydrogens (primary N) is 1. The number of benzene rings is 2. The number of amides is 1. The van der Waals surface area contributed by atoms with E-state index in [-0.39, 0.29) is 11.4 Å². The van der Waals surface area contributed by atoms with E-state index in [9.17, 15) is 9.18 Å². The van der Waals surface area contributed by atoms with Crippen LogP contribution in [0, 0.1) is 5.82 Å². The van der Waals surface area contributed by atoms with Gasteiger partial charge in [0, 0.05) is 15.8 Å². The minimum absolute atomic E-state index is 0.234. The predicted molar refractivity (Wildman–Crippen MR) is 77.9 cm³/mol. The first-order chi connectivity index (χ1) is 8.95. The van der Waals surface area contributed by atoms with Crippen molar-refractivity contribution < 1.29 is 9.18 Å². The second-order valence-electron chi connectivity index (χ2n) is 3.85. The molecule has 1 amide bonds. The molecule has 0 fully saturated rings. The van der Waals surface area contributed by atoms with E-state index in [1.54, 1.807) is 18.2 Å². The second kappa shape index (κ2) is 5.59. The van der Waals surface area contributed by atoms with E-state index < -0.39 is 11.7 Å². The largest absolute Gasteiger partial charge is 0.399 e. The van der Waals surface area contributed by atoms with E-state index in [0.717, 1.165) is 4.47 Å². The Kier molecular flexibility index (Phi) is 4.07. The molecule has 0 saturated heterocycles. The third-order valence-electron chi connectivity index (χ3n) is 2.35. The Morgan fingerprint density at radius 1 is 1.26 bits per heavy atom. The molecule has 0 spiro atoms. The van der Waals surface area contributed by atoms with Crippen LogP contribution >= 0.6 is 27.5 Å². The van der Waals surface area contributed by atoms with Gasteiger partial charge in [-0.2, -0.15) is 0 Å². The average Bonchev–Trinajstić information content (AvgIpc) is 2.26. The zero-order chi connectivity index (χ0) is 14.0. The van der Waals surface area contributed by atoms with E-state index in [0.29, 0.717) is 10.6 Å². The monoisotopic (exact) mass is 342 g/mol. The molecular weight excluding hydrogens is 335 g/mol. The lowest BCUT2D eigenvalue weighted by atomic mass is 10.2. The molecule has 0 aliphatic carbocycles. The van der Waals surface area contributed by atoms with Crippen LogP contribution < -0.4 is 11.1 Å². The van der Waals surface area contributed by atoms with Crippen LogP contribution in [-0.4, -0.2) is 5.91 Å². The maximum absolute atomic E-state index is 13.1. The van der Waals surface area contributed by atoms with Gasteiger partial charge in [-0.3, -0.25) is 4.79 Å². The minimum atomic E-state index is -0.516. The van der Waals surface area contributed by atoms with E-state index in [1.165, 1.54) is 18.2 Å². The molecule has 98 valence electrons. The van der Waals surface area contributed by atoms with E-state index in [1.807, 2.05) is 0 Å². The lowest BCUT2D eigenvalue weighted by Gasteiger charge is -2.08. The van der Waals surface area contributed by atoms with Gasteiger partial charge in [-0.05, 0) is 36.4 Å². The van der Waals surface area contributed by atoms with E-state index >= 15 is 0 Å². The van der Waals surface area contributed by atoms with Gasteiger partial charge < -0.3 is 11.1 Å². The van der Waals surface area contributed by atoms with Crippen LogP contribution in [-0.2, 0) is 0 Å². The van der Waals surface area contributed by atoms with Gasteiger partial charge in [0.1, 0.15) is 5.82 Å². The zero-order valence-electron chi connectivity index (χ0n) is 9.58. The highest BCUT2D eigenvalue weighted by molar-refractivity contribution is 9.10. The molecule has 6 heteroatoms. The molecule has 0 aliphatic rings. The fourth-order valence-corrected chi connectivity index (χ4v) is 2.32. The van der Waals surface area contributed by atoms with Gasteiger partial charge in [-0.1, -0.05) is 27.5 Å². The third-order valence-corrected chi connectivity index (χ3v) is 3.16. The molecule has 0 bridgehead atoms. The number of carbonyl (C=O) groups excluding carboxylic acids is 1. The number of carbonyl (C=O) groups is 1. The Labute approximate surface area is 122 Å². The number of rotatable bonds is 2. The van der Waals surface area contributed by atoms with Crippen LogP contribution in [0.15, 0.2) is 40.9 Å². The molecule has 0 unspecified atom stereocenters. The van der Waals surface area contributed by atoms with Gasteiger partial charge in [0.15, 0.2) is 0 Å². The van der Waals surface area contributed by atoms with Gasteiger partial charge in [0.25, 0.3) is 5.91 Å². The summed E-state index contributed by atoms with van der Waals surface area (Å²) in [6.45, 7) is 0. The highest BCUT2D eigenvalue weighted by Gasteiger charge is 2.11. The Hall–Kier alpha value is -1.59. The summed E-state index contributed by atoms with van der Waals surface area (Å²) in [6, 6.07) is 8.69. The molecular formula is C13H9BrClFN2O. The maximum atomic E-state index is 13.1. The van der Waals surface area contributed by atoms with Crippen molar-refractivity contribution >= 4 is 44.8 Å². The molecule has 2 aromatic rings. The molecule has 2 aromatic carbocycles. The summed E-state index contributed by atoms with van der Waals surface area (Å²) in [4.78, 5) is 12.0. The highest BCUT2D eigenvalue weighted by Crippen LogP contribution is 2.23. The fraction of sp³-hybridized carbons (Fsp3) is 0. The standard InChI is InChI=1S/C13H9BrClFN2O/c14-7-1-2-11(12(15)3-7)13(19)18-10-5-8(16)4-9(17)6-10/h1-6H,17H2,(H,18,19). The molecule has 0 aromatic heterocycles. The number of hydrogen-bond acceptors (Lipinski definition) is 2. The summed E-state index contributed by atoms with van der Waals surface area (Å²) in [5.41, 5.74) is 6.31. The van der Waals surface area contributed by atoms with E-state index in [2.05, 4.69) is 21.2 Å². The summed E-state index contributed by atoms with van der Waals surface area (Å²) >= 11 is 9.21. The van der Waals surface area contributed by atoms with Gasteiger partial charge in [-0.15, -0.1) is 0 Å². The van der Waals surface area contributed by atoms with Gasteiger partial charge in [0.05, 0.1) is 10.6 Å². The number of halogens is 3. The predicted octanol–water partition coefficient (Wildman–Crippen LogP) is 4.08. The van der Waals surface area contributed by atoms with Gasteiger partial charge >= 0.3 is 0 Å². The van der Waals surface area contributed by atoms with Crippen molar-refractivity contribution in [3.8, 4) is 0 Å². The number of hydrogen-bond donors (Lipinski definition) is 2. The van der Waals surface area contributed by atoms with Crippen molar-refractivity contribution in [3.63, 3.8) is 0 Å². The molecule has 0 atom stereocenters. The molecule has 0 radical (unpaired) electrons. The normalized spacial score (nSPS) is 10.3. The fourth-order valence-electron chi connectivity index (χ4n) is 1.56. The highest BCUT2D eigenvalue weighted by atomic mass is 79.9. The molecule has 2 rings (SSSR count). The third kappa shape index (κ3) is 3.45. The minimum Gasteiger partial charge on any atom is -0.399 e. The van der Waals surface area contributed by atoms with Crippen molar-refractivity contribution in [1.82, 2.24) is 0 Å². The summed E-state index contributed by atoms with van der Waals surface area (Å²) in [7, 11) is 0. The summed E-state index contributed by atoms with van der Waals surface area (Å²) in [6.07, 6.45) is 0. The number of nitrogen functional groups attached to an aromatic ring is 1. The molecule has 3 nitrogen and oxygen atoms in total. The Morgan fingerprint density at radius 3 is 2.63 bits per heavy atom. The van der Waals surface area contributed by atoms with Crippen LogP contribution in [0.2, 0.25) is 5.02 Å². The van der Waals surface area contributed by atoms with Crippen molar-refractivity contribution in [2.75, 3.05) is 11.1 Å². The van der Waals surface area contributed by atoms with Crippen LogP contribution in [0.3, 0.4) is 0 Å². The lowest BCUT2D eigenvalue weighted by Crippen LogP contribution is -2.12. The molecule has 19 heavy (non-hydrogen) atoms. The lowest BCUT2D eigenvalue weighted by molar-refractivity contribution is 0.102. The van der Waals surface area contributed by atoms with Crippen LogP contribution in [0.25, 0.3) is 0 Å². The molecule has 0 aliphatic heterocycles. The molecule has 3 N–H and O–H groups in total. The van der Waals surface area contributed by atoms with Crippen molar-refractivity contribution in [2.45, 2.75) is 0 Å². The van der Waals surface area contributed by atoms with Crippen molar-refractivity contribution in [1.29, 1.82) is 0 Å². The Morgan fingerprint density at radius 2 is 2.00 bits per heavy atom. The van der Waals surface area contributed by atoms with Crippen LogP contribution in [0.1, 0.15) is 10.4 Å². The first-order valence-electron chi connectivity index (χ1n) is 5.28. The van der Waals surface area contributed by atoms with Crippen molar-refractivity contribution in [3.05, 3.63) is 57.3 Å². The first kappa shape index (κ1) is 13.8. The molecule has 0 heterocycles. The zero-order valence-corrected chi connectivity index (χ0v) is 11.9. The number of anilines is 2. The topological polar surface area (TPSA) is 55.1 Å². The van der Waals surface area contributed by atoms with Gasteiger partial charge in [-0.25, -0.2) is 4.39 Å². The summed E-state index contributed by atoms with van der Waals surface area (Å²) in [5, 5.41) is 2.84. The van der Waals surface area contributed by atoms with Crippen LogP contribution in [0.4, 0.5) is 15.8 Å². The average molecular weight is 344 g/mol. The van der Waals surface area contributed by atoms with Crippen LogP contribution in [0.5, 0.6) is 0 Å². The first-order valence-corrected chi connectivity index (χ1v) is 6.45. The quantitative estimate of drug-likeness (QED) is 0.807.